The predicted octanol–water partition coefficient (Wildman–Crippen LogP) is 3.08. The molecule has 3 rings (SSSR count). The molecule has 2 amide bonds. The molecular weight excluding hydrogens is 372 g/mol. The second kappa shape index (κ2) is 8.87. The van der Waals surface area contributed by atoms with Crippen molar-refractivity contribution in [1.82, 2.24) is 0 Å². The van der Waals surface area contributed by atoms with E-state index in [1.54, 1.807) is 49.7 Å². The molecule has 29 heavy (non-hydrogen) atoms. The summed E-state index contributed by atoms with van der Waals surface area (Å²) in [5.74, 6) is -0.471. The van der Waals surface area contributed by atoms with Crippen molar-refractivity contribution in [1.29, 1.82) is 0 Å². The molecule has 2 atom stereocenters. The van der Waals surface area contributed by atoms with E-state index >= 15 is 0 Å². The number of hydrogen-bond acceptors (Lipinski definition) is 6. The Balaban J connectivity index is 2.06. The Morgan fingerprint density at radius 1 is 1.07 bits per heavy atom. The van der Waals surface area contributed by atoms with E-state index in [2.05, 4.69) is 4.99 Å². The molecule has 0 radical (unpaired) electrons. The molecular formula is C22H24N2O5. The fraction of sp³-hybridized carbons (Fsp3) is 0.318. The van der Waals surface area contributed by atoms with Crippen LogP contribution in [0, 0.1) is 0 Å². The summed E-state index contributed by atoms with van der Waals surface area (Å²) in [6.07, 6.45) is 1.60. The third-order valence-corrected chi connectivity index (χ3v) is 4.74. The second-order valence-electron chi connectivity index (χ2n) is 6.69. The third-order valence-electron chi connectivity index (χ3n) is 4.74. The van der Waals surface area contributed by atoms with Crippen molar-refractivity contribution in [3.05, 3.63) is 53.6 Å². The smallest absolute Gasteiger partial charge is 0.265 e. The molecule has 0 N–H and O–H groups in total. The van der Waals surface area contributed by atoms with E-state index in [1.165, 1.54) is 19.1 Å². The molecule has 0 bridgehead atoms. The van der Waals surface area contributed by atoms with Gasteiger partial charge in [0.05, 0.1) is 38.5 Å². The summed E-state index contributed by atoms with van der Waals surface area (Å²) in [6.45, 7) is 2.34. The fourth-order valence-electron chi connectivity index (χ4n) is 3.33. The van der Waals surface area contributed by atoms with Gasteiger partial charge in [0.1, 0.15) is 0 Å². The van der Waals surface area contributed by atoms with Crippen molar-refractivity contribution >= 4 is 23.7 Å². The maximum atomic E-state index is 13.3. The number of amides is 2. The highest BCUT2D eigenvalue weighted by Crippen LogP contribution is 2.36. The Kier molecular flexibility index (Phi) is 6.29. The van der Waals surface area contributed by atoms with Gasteiger partial charge in [-0.3, -0.25) is 14.6 Å². The second-order valence-corrected chi connectivity index (χ2v) is 6.69. The van der Waals surface area contributed by atoms with Gasteiger partial charge in [0.2, 0.25) is 5.91 Å². The lowest BCUT2D eigenvalue weighted by Crippen LogP contribution is -2.45. The maximum Gasteiger partial charge on any atom is 0.265 e. The normalized spacial score (nSPS) is 17.4. The average Bonchev–Trinajstić information content (AvgIpc) is 2.73. The van der Waals surface area contributed by atoms with E-state index < -0.39 is 5.92 Å². The number of imide groups is 1. The van der Waals surface area contributed by atoms with Crippen LogP contribution in [0.25, 0.3) is 0 Å². The Morgan fingerprint density at radius 3 is 2.48 bits per heavy atom. The molecule has 0 fully saturated rings. The van der Waals surface area contributed by atoms with Crippen LogP contribution in [0.4, 0.5) is 5.69 Å². The molecule has 7 heteroatoms. The largest absolute Gasteiger partial charge is 0.493 e. The SMILES string of the molecule is COC[C@@H](C)N=CC1C(=O)N(c2ccc(OC)c(OC)c2)C(=O)c2ccccc21. The highest BCUT2D eigenvalue weighted by atomic mass is 16.5. The van der Waals surface area contributed by atoms with Gasteiger partial charge in [-0.25, -0.2) is 4.90 Å². The van der Waals surface area contributed by atoms with Crippen LogP contribution in [0.2, 0.25) is 0 Å². The van der Waals surface area contributed by atoms with Gasteiger partial charge in [-0.2, -0.15) is 0 Å². The van der Waals surface area contributed by atoms with Crippen LogP contribution in [0.1, 0.15) is 28.8 Å². The van der Waals surface area contributed by atoms with Gasteiger partial charge >= 0.3 is 0 Å². The van der Waals surface area contributed by atoms with Crippen molar-refractivity contribution in [2.24, 2.45) is 4.99 Å². The third kappa shape index (κ3) is 4.00. The molecule has 1 aliphatic heterocycles. The number of carbonyl (C=O) groups excluding carboxylic acids is 2. The van der Waals surface area contributed by atoms with Gasteiger partial charge in [-0.05, 0) is 30.7 Å². The van der Waals surface area contributed by atoms with Crippen molar-refractivity contribution in [3.8, 4) is 11.5 Å². The number of carbonyl (C=O) groups is 2. The first-order valence-electron chi connectivity index (χ1n) is 9.23. The maximum absolute atomic E-state index is 13.3. The zero-order valence-electron chi connectivity index (χ0n) is 16.9. The topological polar surface area (TPSA) is 77.4 Å². The monoisotopic (exact) mass is 396 g/mol. The molecule has 1 unspecified atom stereocenters. The number of nitrogens with zero attached hydrogens (tertiary/aromatic N) is 2. The molecule has 0 aromatic heterocycles. The van der Waals surface area contributed by atoms with Crippen LogP contribution >= 0.6 is 0 Å². The van der Waals surface area contributed by atoms with Crippen LogP contribution in [-0.2, 0) is 9.53 Å². The number of hydrogen-bond donors (Lipinski definition) is 0. The van der Waals surface area contributed by atoms with Crippen LogP contribution in [0.15, 0.2) is 47.5 Å². The average molecular weight is 396 g/mol. The zero-order chi connectivity index (χ0) is 21.0. The summed E-state index contributed by atoms with van der Waals surface area (Å²) in [4.78, 5) is 32.1. The summed E-state index contributed by atoms with van der Waals surface area (Å²) in [6, 6.07) is 11.9. The number of aliphatic imine (C=N–C) groups is 1. The standard InChI is InChI=1S/C22H24N2O5/c1-14(13-27-2)23-12-18-16-7-5-6-8-17(16)21(25)24(22(18)26)15-9-10-19(28-3)20(11-15)29-4/h5-12,14,18H,13H2,1-4H3/t14-,18?/m1/s1. The minimum Gasteiger partial charge on any atom is -0.493 e. The van der Waals surface area contributed by atoms with Gasteiger partial charge in [0.15, 0.2) is 11.5 Å². The van der Waals surface area contributed by atoms with Crippen LogP contribution < -0.4 is 14.4 Å². The van der Waals surface area contributed by atoms with E-state index in [4.69, 9.17) is 14.2 Å². The van der Waals surface area contributed by atoms with Gasteiger partial charge in [0, 0.05) is 25.0 Å². The summed E-state index contributed by atoms with van der Waals surface area (Å²) in [7, 11) is 4.63. The number of benzene rings is 2. The molecule has 2 aromatic carbocycles. The first kappa shape index (κ1) is 20.5. The quantitative estimate of drug-likeness (QED) is 0.531. The Hall–Kier alpha value is -3.19. The minimum atomic E-state index is -0.670. The lowest BCUT2D eigenvalue weighted by atomic mass is 9.88. The van der Waals surface area contributed by atoms with Gasteiger partial charge in [-0.1, -0.05) is 18.2 Å². The first-order chi connectivity index (χ1) is 14.0. The van der Waals surface area contributed by atoms with E-state index in [9.17, 15) is 9.59 Å². The summed E-state index contributed by atoms with van der Waals surface area (Å²) < 4.78 is 15.7. The first-order valence-corrected chi connectivity index (χ1v) is 9.23. The summed E-state index contributed by atoms with van der Waals surface area (Å²) in [5, 5.41) is 0. The molecule has 0 saturated heterocycles. The zero-order valence-corrected chi connectivity index (χ0v) is 16.9. The molecule has 1 heterocycles. The molecule has 2 aromatic rings. The molecule has 7 nitrogen and oxygen atoms in total. The van der Waals surface area contributed by atoms with E-state index in [1.807, 2.05) is 13.0 Å². The van der Waals surface area contributed by atoms with Crippen molar-refractivity contribution in [2.45, 2.75) is 18.9 Å². The number of rotatable bonds is 7. The van der Waals surface area contributed by atoms with E-state index in [0.717, 1.165) is 0 Å². The number of ether oxygens (including phenoxy) is 3. The summed E-state index contributed by atoms with van der Waals surface area (Å²) in [5.41, 5.74) is 1.53. The molecule has 1 aliphatic rings. The lowest BCUT2D eigenvalue weighted by molar-refractivity contribution is -0.118. The van der Waals surface area contributed by atoms with Gasteiger partial charge in [0.25, 0.3) is 5.91 Å². The highest BCUT2D eigenvalue weighted by Gasteiger charge is 2.39. The minimum absolute atomic E-state index is 0.105. The van der Waals surface area contributed by atoms with Gasteiger partial charge < -0.3 is 14.2 Å². The van der Waals surface area contributed by atoms with Crippen LogP contribution in [-0.4, -0.2) is 52.0 Å². The highest BCUT2D eigenvalue weighted by molar-refractivity contribution is 6.29. The number of methoxy groups -OCH3 is 3. The molecule has 0 saturated carbocycles. The van der Waals surface area contributed by atoms with Gasteiger partial charge in [-0.15, -0.1) is 0 Å². The number of anilines is 1. The lowest BCUT2D eigenvalue weighted by Gasteiger charge is -2.31. The molecule has 0 aliphatic carbocycles. The number of fused-ring (bicyclic) bond motifs is 1. The van der Waals surface area contributed by atoms with Crippen LogP contribution in [0.3, 0.4) is 0 Å². The van der Waals surface area contributed by atoms with Crippen molar-refractivity contribution in [2.75, 3.05) is 32.8 Å². The Bertz CT molecular complexity index is 941. The van der Waals surface area contributed by atoms with Crippen LogP contribution in [0.5, 0.6) is 11.5 Å². The van der Waals surface area contributed by atoms with Crippen molar-refractivity contribution in [3.63, 3.8) is 0 Å². The fourth-order valence-corrected chi connectivity index (χ4v) is 3.33. The Morgan fingerprint density at radius 2 is 1.79 bits per heavy atom. The molecule has 0 spiro atoms. The predicted molar refractivity (Wildman–Crippen MR) is 110 cm³/mol. The van der Waals surface area contributed by atoms with E-state index in [-0.39, 0.29) is 17.9 Å². The van der Waals surface area contributed by atoms with E-state index in [0.29, 0.717) is 34.9 Å². The Labute approximate surface area is 169 Å². The molecule has 152 valence electrons. The summed E-state index contributed by atoms with van der Waals surface area (Å²) >= 11 is 0. The van der Waals surface area contributed by atoms with Crippen molar-refractivity contribution < 1.29 is 23.8 Å².